The highest BCUT2D eigenvalue weighted by Gasteiger charge is 2.41. The first-order valence-corrected chi connectivity index (χ1v) is 11.1. The molecule has 1 N–H and O–H groups in total. The van der Waals surface area contributed by atoms with E-state index < -0.39 is 11.9 Å². The molecular formula is C24H24FNO4S. The molecule has 4 rings (SSSR count). The SMILES string of the molecule is COCCOC(=O)C1=C(C)NC2=C(C(=O)C[C@H](c3cccs3)C2)[C@H]1c1ccc(F)cc1. The number of ketones is 1. The van der Waals surface area contributed by atoms with Gasteiger partial charge in [0, 0.05) is 47.2 Å². The smallest absolute Gasteiger partial charge is 0.336 e. The van der Waals surface area contributed by atoms with E-state index in [0.717, 1.165) is 5.70 Å². The third-order valence-electron chi connectivity index (χ3n) is 5.72. The van der Waals surface area contributed by atoms with Crippen LogP contribution in [0.25, 0.3) is 0 Å². The molecule has 1 aliphatic carbocycles. The summed E-state index contributed by atoms with van der Waals surface area (Å²) in [6, 6.07) is 10.00. The standard InChI is InChI=1S/C24H24FNO4S/c1-14-21(24(28)30-10-9-29-2)22(15-5-7-17(25)8-6-15)23-18(26-14)12-16(13-19(23)27)20-4-3-11-31-20/h3-8,11,16,22,26H,9-10,12-13H2,1-2H3/t16-,22+/m1/s1. The van der Waals surface area contributed by atoms with Crippen molar-refractivity contribution in [2.45, 2.75) is 31.6 Å². The summed E-state index contributed by atoms with van der Waals surface area (Å²) in [6.45, 7) is 2.21. The molecule has 0 unspecified atom stereocenters. The van der Waals surface area contributed by atoms with E-state index in [0.29, 0.717) is 35.2 Å². The van der Waals surface area contributed by atoms with Crippen LogP contribution in [-0.4, -0.2) is 32.1 Å². The second kappa shape index (κ2) is 9.16. The second-order valence-corrected chi connectivity index (χ2v) is 8.69. The van der Waals surface area contributed by atoms with Gasteiger partial charge in [0.1, 0.15) is 12.4 Å². The first-order valence-electron chi connectivity index (χ1n) is 10.2. The summed E-state index contributed by atoms with van der Waals surface area (Å²) >= 11 is 1.64. The van der Waals surface area contributed by atoms with E-state index in [1.165, 1.54) is 24.1 Å². The van der Waals surface area contributed by atoms with Gasteiger partial charge in [0.05, 0.1) is 12.2 Å². The Morgan fingerprint density at radius 1 is 1.19 bits per heavy atom. The average molecular weight is 442 g/mol. The number of carbonyl (C=O) groups excluding carboxylic acids is 2. The van der Waals surface area contributed by atoms with Gasteiger partial charge in [-0.25, -0.2) is 9.18 Å². The third-order valence-corrected chi connectivity index (χ3v) is 6.75. The summed E-state index contributed by atoms with van der Waals surface area (Å²) < 4.78 is 24.0. The van der Waals surface area contributed by atoms with Crippen molar-refractivity contribution in [3.8, 4) is 0 Å². The van der Waals surface area contributed by atoms with Crippen molar-refractivity contribution >= 4 is 23.1 Å². The Balaban J connectivity index is 1.74. The van der Waals surface area contributed by atoms with Crippen LogP contribution in [0, 0.1) is 5.82 Å². The fourth-order valence-corrected chi connectivity index (χ4v) is 5.15. The van der Waals surface area contributed by atoms with Crippen molar-refractivity contribution in [2.24, 2.45) is 0 Å². The largest absolute Gasteiger partial charge is 0.460 e. The van der Waals surface area contributed by atoms with Gasteiger partial charge in [-0.1, -0.05) is 18.2 Å². The Morgan fingerprint density at radius 2 is 1.97 bits per heavy atom. The fourth-order valence-electron chi connectivity index (χ4n) is 4.32. The van der Waals surface area contributed by atoms with E-state index in [4.69, 9.17) is 9.47 Å². The molecular weight excluding hydrogens is 417 g/mol. The Labute approximate surface area is 184 Å². The molecule has 0 bridgehead atoms. The number of halogens is 1. The molecule has 0 saturated carbocycles. The quantitative estimate of drug-likeness (QED) is 0.530. The number of Topliss-reactive ketones (excluding diaryl/α,β-unsaturated/α-hetero) is 1. The molecule has 2 aliphatic rings. The number of thiophene rings is 1. The van der Waals surface area contributed by atoms with E-state index in [-0.39, 0.29) is 30.7 Å². The molecule has 7 heteroatoms. The molecule has 0 radical (unpaired) electrons. The normalized spacial score (nSPS) is 21.1. The number of ether oxygens (including phenoxy) is 2. The second-order valence-electron chi connectivity index (χ2n) is 7.71. The zero-order chi connectivity index (χ0) is 22.0. The number of allylic oxidation sites excluding steroid dienone is 3. The van der Waals surface area contributed by atoms with Gasteiger partial charge < -0.3 is 14.8 Å². The molecule has 5 nitrogen and oxygen atoms in total. The van der Waals surface area contributed by atoms with Gasteiger partial charge >= 0.3 is 5.97 Å². The lowest BCUT2D eigenvalue weighted by Crippen LogP contribution is -2.36. The minimum absolute atomic E-state index is 0.00355. The van der Waals surface area contributed by atoms with Crippen LogP contribution in [0.5, 0.6) is 0 Å². The number of hydrogen-bond acceptors (Lipinski definition) is 6. The zero-order valence-corrected chi connectivity index (χ0v) is 18.3. The molecule has 2 aromatic rings. The Kier molecular flexibility index (Phi) is 6.34. The van der Waals surface area contributed by atoms with Gasteiger partial charge in [-0.05, 0) is 42.5 Å². The minimum atomic E-state index is -0.594. The molecule has 1 aromatic carbocycles. The fraction of sp³-hybridized carbons (Fsp3) is 0.333. The number of carbonyl (C=O) groups is 2. The van der Waals surface area contributed by atoms with Crippen LogP contribution in [0.3, 0.4) is 0 Å². The Bertz CT molecular complexity index is 1040. The molecule has 0 saturated heterocycles. The number of esters is 1. The first-order chi connectivity index (χ1) is 15.0. The van der Waals surface area contributed by atoms with Gasteiger partial charge in [-0.2, -0.15) is 0 Å². The lowest BCUT2D eigenvalue weighted by Gasteiger charge is -2.36. The molecule has 2 heterocycles. The van der Waals surface area contributed by atoms with Crippen LogP contribution >= 0.6 is 11.3 Å². The van der Waals surface area contributed by atoms with Crippen LogP contribution in [0.2, 0.25) is 0 Å². The van der Waals surface area contributed by atoms with Gasteiger partial charge in [0.2, 0.25) is 0 Å². The van der Waals surface area contributed by atoms with Gasteiger partial charge in [0.25, 0.3) is 0 Å². The average Bonchev–Trinajstić information content (AvgIpc) is 3.28. The highest BCUT2D eigenvalue weighted by atomic mass is 32.1. The lowest BCUT2D eigenvalue weighted by atomic mass is 9.72. The summed E-state index contributed by atoms with van der Waals surface area (Å²) in [4.78, 5) is 27.5. The van der Waals surface area contributed by atoms with Crippen molar-refractivity contribution in [1.82, 2.24) is 5.32 Å². The summed E-state index contributed by atoms with van der Waals surface area (Å²) in [5.41, 5.74) is 3.12. The molecule has 31 heavy (non-hydrogen) atoms. The van der Waals surface area contributed by atoms with Crippen LogP contribution in [0.15, 0.2) is 64.3 Å². The Morgan fingerprint density at radius 3 is 2.65 bits per heavy atom. The molecule has 1 aliphatic heterocycles. The number of benzene rings is 1. The lowest BCUT2D eigenvalue weighted by molar-refractivity contribution is -0.140. The highest BCUT2D eigenvalue weighted by molar-refractivity contribution is 7.10. The van der Waals surface area contributed by atoms with Crippen molar-refractivity contribution in [2.75, 3.05) is 20.3 Å². The van der Waals surface area contributed by atoms with Crippen LogP contribution in [0.1, 0.15) is 42.0 Å². The molecule has 162 valence electrons. The van der Waals surface area contributed by atoms with Gasteiger partial charge in [-0.3, -0.25) is 4.79 Å². The van der Waals surface area contributed by atoms with E-state index in [1.54, 1.807) is 23.5 Å². The number of nitrogens with one attached hydrogen (secondary N) is 1. The van der Waals surface area contributed by atoms with Crippen molar-refractivity contribution < 1.29 is 23.5 Å². The predicted octanol–water partition coefficient (Wildman–Crippen LogP) is 4.44. The van der Waals surface area contributed by atoms with Gasteiger partial charge in [0.15, 0.2) is 5.78 Å². The van der Waals surface area contributed by atoms with Crippen LogP contribution in [-0.2, 0) is 19.1 Å². The number of dihydropyridines is 1. The first kappa shape index (κ1) is 21.5. The summed E-state index contributed by atoms with van der Waals surface area (Å²) in [5.74, 6) is -1.36. The molecule has 0 amide bonds. The Hall–Kier alpha value is -2.77. The van der Waals surface area contributed by atoms with Crippen molar-refractivity contribution in [3.05, 3.63) is 80.6 Å². The maximum Gasteiger partial charge on any atom is 0.336 e. The van der Waals surface area contributed by atoms with Crippen LogP contribution < -0.4 is 5.32 Å². The molecule has 0 fully saturated rings. The maximum atomic E-state index is 13.6. The van der Waals surface area contributed by atoms with E-state index >= 15 is 0 Å². The number of methoxy groups -OCH3 is 1. The highest BCUT2D eigenvalue weighted by Crippen LogP contribution is 2.46. The van der Waals surface area contributed by atoms with E-state index in [2.05, 4.69) is 11.4 Å². The van der Waals surface area contributed by atoms with Crippen LogP contribution in [0.4, 0.5) is 4.39 Å². The van der Waals surface area contributed by atoms with E-state index in [1.807, 2.05) is 18.4 Å². The third kappa shape index (κ3) is 4.34. The summed E-state index contributed by atoms with van der Waals surface area (Å²) in [6.07, 6.45) is 1.06. The van der Waals surface area contributed by atoms with Crippen molar-refractivity contribution in [3.63, 3.8) is 0 Å². The summed E-state index contributed by atoms with van der Waals surface area (Å²) in [5, 5.41) is 5.32. The van der Waals surface area contributed by atoms with E-state index in [9.17, 15) is 14.0 Å². The predicted molar refractivity (Wildman–Crippen MR) is 116 cm³/mol. The summed E-state index contributed by atoms with van der Waals surface area (Å²) in [7, 11) is 1.53. The van der Waals surface area contributed by atoms with Crippen molar-refractivity contribution in [1.29, 1.82) is 0 Å². The molecule has 1 aromatic heterocycles. The zero-order valence-electron chi connectivity index (χ0n) is 17.4. The van der Waals surface area contributed by atoms with Gasteiger partial charge in [-0.15, -0.1) is 11.3 Å². The molecule has 2 atom stereocenters. The maximum absolute atomic E-state index is 13.6. The minimum Gasteiger partial charge on any atom is -0.460 e. The topological polar surface area (TPSA) is 64.6 Å². The number of rotatable bonds is 6. The molecule has 0 spiro atoms. The number of hydrogen-bond donors (Lipinski definition) is 1. The monoisotopic (exact) mass is 441 g/mol.